The summed E-state index contributed by atoms with van der Waals surface area (Å²) in [5.41, 5.74) is 1.53. The van der Waals surface area contributed by atoms with Gasteiger partial charge in [0.05, 0.1) is 18.2 Å². The molecule has 0 bridgehead atoms. The zero-order valence-corrected chi connectivity index (χ0v) is 16.0. The third-order valence-electron chi connectivity index (χ3n) is 4.43. The topological polar surface area (TPSA) is 60.5 Å². The SMILES string of the molecule is CNC(=O)c1c(C)sc2cc(Oc3ccnc4cc(OC)ccc34)ccc12. The fourth-order valence-corrected chi connectivity index (χ4v) is 4.20. The molecule has 5 nitrogen and oxygen atoms in total. The number of nitrogens with zero attached hydrogens (tertiary/aromatic N) is 1. The van der Waals surface area contributed by atoms with Crippen LogP contribution < -0.4 is 14.8 Å². The Morgan fingerprint density at radius 1 is 1.07 bits per heavy atom. The molecule has 2 aromatic carbocycles. The highest BCUT2D eigenvalue weighted by atomic mass is 32.1. The van der Waals surface area contributed by atoms with Crippen LogP contribution in [0.2, 0.25) is 0 Å². The highest BCUT2D eigenvalue weighted by Crippen LogP contribution is 2.36. The first kappa shape index (κ1) is 17.3. The summed E-state index contributed by atoms with van der Waals surface area (Å²) in [5.74, 6) is 2.13. The number of nitrogens with one attached hydrogen (secondary N) is 1. The maximum Gasteiger partial charge on any atom is 0.252 e. The highest BCUT2D eigenvalue weighted by Gasteiger charge is 2.16. The lowest BCUT2D eigenvalue weighted by Gasteiger charge is -2.10. The summed E-state index contributed by atoms with van der Waals surface area (Å²) in [5, 5.41) is 4.55. The zero-order valence-electron chi connectivity index (χ0n) is 15.2. The molecule has 0 spiro atoms. The molecule has 0 aliphatic rings. The molecule has 27 heavy (non-hydrogen) atoms. The third kappa shape index (κ3) is 3.08. The van der Waals surface area contributed by atoms with Gasteiger partial charge in [-0.1, -0.05) is 0 Å². The summed E-state index contributed by atoms with van der Waals surface area (Å²) >= 11 is 1.59. The summed E-state index contributed by atoms with van der Waals surface area (Å²) in [7, 11) is 3.28. The van der Waals surface area contributed by atoms with Crippen molar-refractivity contribution in [3.05, 3.63) is 59.1 Å². The van der Waals surface area contributed by atoms with E-state index in [0.29, 0.717) is 0 Å². The number of benzene rings is 2. The average molecular weight is 378 g/mol. The van der Waals surface area contributed by atoms with Gasteiger partial charge in [-0.2, -0.15) is 0 Å². The number of aryl methyl sites for hydroxylation is 1. The lowest BCUT2D eigenvalue weighted by Crippen LogP contribution is -2.18. The minimum absolute atomic E-state index is 0.0681. The molecule has 0 saturated carbocycles. The molecule has 0 aliphatic carbocycles. The van der Waals surface area contributed by atoms with Gasteiger partial charge in [0, 0.05) is 39.7 Å². The van der Waals surface area contributed by atoms with Gasteiger partial charge in [0.1, 0.15) is 17.2 Å². The van der Waals surface area contributed by atoms with Crippen LogP contribution in [-0.2, 0) is 0 Å². The molecule has 0 radical (unpaired) electrons. The molecule has 0 aliphatic heterocycles. The van der Waals surface area contributed by atoms with Crippen LogP contribution in [0.3, 0.4) is 0 Å². The standard InChI is InChI=1S/C21H18N2O3S/c1-12-20(21(24)22-2)16-7-5-14(11-19(16)27-12)26-18-8-9-23-17-10-13(25-3)4-6-15(17)18/h4-11H,1-3H3,(H,22,24). The Hall–Kier alpha value is -3.12. The van der Waals surface area contributed by atoms with Crippen LogP contribution in [-0.4, -0.2) is 25.0 Å². The largest absolute Gasteiger partial charge is 0.497 e. The molecule has 136 valence electrons. The van der Waals surface area contributed by atoms with Gasteiger partial charge in [-0.05, 0) is 43.3 Å². The molecule has 1 amide bonds. The molecule has 4 aromatic rings. The van der Waals surface area contributed by atoms with Gasteiger partial charge in [0.25, 0.3) is 5.91 Å². The monoisotopic (exact) mass is 378 g/mol. The van der Waals surface area contributed by atoms with Gasteiger partial charge in [-0.15, -0.1) is 11.3 Å². The van der Waals surface area contributed by atoms with Crippen LogP contribution in [0.1, 0.15) is 15.2 Å². The second-order valence-electron chi connectivity index (χ2n) is 6.06. The Labute approximate surface area is 160 Å². The maximum absolute atomic E-state index is 12.1. The average Bonchev–Trinajstić information content (AvgIpc) is 3.02. The minimum Gasteiger partial charge on any atom is -0.497 e. The predicted octanol–water partition coefficient (Wildman–Crippen LogP) is 4.92. The molecule has 4 rings (SSSR count). The van der Waals surface area contributed by atoms with E-state index in [0.717, 1.165) is 48.7 Å². The molecule has 0 saturated heterocycles. The van der Waals surface area contributed by atoms with Crippen molar-refractivity contribution in [3.63, 3.8) is 0 Å². The summed E-state index contributed by atoms with van der Waals surface area (Å²) in [6, 6.07) is 13.3. The molecular formula is C21H18N2O3S. The first-order valence-corrected chi connectivity index (χ1v) is 9.28. The lowest BCUT2D eigenvalue weighted by molar-refractivity contribution is 0.0964. The van der Waals surface area contributed by atoms with Crippen LogP contribution in [0, 0.1) is 6.92 Å². The van der Waals surface area contributed by atoms with Gasteiger partial charge in [0.2, 0.25) is 0 Å². The number of pyridine rings is 1. The minimum atomic E-state index is -0.0681. The van der Waals surface area contributed by atoms with Crippen molar-refractivity contribution in [2.75, 3.05) is 14.2 Å². The van der Waals surface area contributed by atoms with E-state index in [1.54, 1.807) is 31.7 Å². The van der Waals surface area contributed by atoms with Crippen molar-refractivity contribution >= 4 is 38.2 Å². The van der Waals surface area contributed by atoms with Crippen molar-refractivity contribution < 1.29 is 14.3 Å². The van der Waals surface area contributed by atoms with Crippen molar-refractivity contribution in [3.8, 4) is 17.2 Å². The number of fused-ring (bicyclic) bond motifs is 2. The van der Waals surface area contributed by atoms with E-state index in [-0.39, 0.29) is 5.91 Å². The van der Waals surface area contributed by atoms with Gasteiger partial charge in [-0.3, -0.25) is 9.78 Å². The van der Waals surface area contributed by atoms with Crippen molar-refractivity contribution in [2.24, 2.45) is 0 Å². The van der Waals surface area contributed by atoms with Gasteiger partial charge < -0.3 is 14.8 Å². The van der Waals surface area contributed by atoms with E-state index in [9.17, 15) is 4.79 Å². The summed E-state index contributed by atoms with van der Waals surface area (Å²) < 4.78 is 12.4. The quantitative estimate of drug-likeness (QED) is 0.548. The van der Waals surface area contributed by atoms with Gasteiger partial charge >= 0.3 is 0 Å². The van der Waals surface area contributed by atoms with E-state index in [4.69, 9.17) is 9.47 Å². The Kier molecular flexibility index (Phi) is 4.41. The Bertz CT molecular complexity index is 1170. The van der Waals surface area contributed by atoms with E-state index in [1.165, 1.54) is 0 Å². The van der Waals surface area contributed by atoms with E-state index in [2.05, 4.69) is 10.3 Å². The molecule has 2 aromatic heterocycles. The van der Waals surface area contributed by atoms with Crippen LogP contribution in [0.15, 0.2) is 48.7 Å². The van der Waals surface area contributed by atoms with Crippen molar-refractivity contribution in [2.45, 2.75) is 6.92 Å². The number of rotatable bonds is 4. The molecule has 0 unspecified atom stereocenters. The lowest BCUT2D eigenvalue weighted by atomic mass is 10.1. The Morgan fingerprint density at radius 3 is 2.63 bits per heavy atom. The fourth-order valence-electron chi connectivity index (χ4n) is 3.11. The number of aromatic nitrogens is 1. The van der Waals surface area contributed by atoms with Crippen LogP contribution in [0.5, 0.6) is 17.2 Å². The molecule has 0 fully saturated rings. The summed E-state index contributed by atoms with van der Waals surface area (Å²) in [6.07, 6.45) is 1.72. The second-order valence-corrected chi connectivity index (χ2v) is 7.32. The summed E-state index contributed by atoms with van der Waals surface area (Å²) in [4.78, 5) is 17.5. The number of carbonyl (C=O) groups excluding carboxylic acids is 1. The number of carbonyl (C=O) groups is 1. The fraction of sp³-hybridized carbons (Fsp3) is 0.143. The van der Waals surface area contributed by atoms with Crippen molar-refractivity contribution in [1.29, 1.82) is 0 Å². The highest BCUT2D eigenvalue weighted by molar-refractivity contribution is 7.19. The van der Waals surface area contributed by atoms with Gasteiger partial charge in [0.15, 0.2) is 0 Å². The molecule has 6 heteroatoms. The molecule has 1 N–H and O–H groups in total. The Morgan fingerprint density at radius 2 is 1.85 bits per heavy atom. The third-order valence-corrected chi connectivity index (χ3v) is 5.50. The zero-order chi connectivity index (χ0) is 19.0. The van der Waals surface area contributed by atoms with Crippen LogP contribution in [0.25, 0.3) is 21.0 Å². The molecule has 0 atom stereocenters. The summed E-state index contributed by atoms with van der Waals surface area (Å²) in [6.45, 7) is 1.96. The Balaban J connectivity index is 1.74. The van der Waals surface area contributed by atoms with Crippen LogP contribution in [0.4, 0.5) is 0 Å². The second kappa shape index (κ2) is 6.89. The number of hydrogen-bond donors (Lipinski definition) is 1. The maximum atomic E-state index is 12.1. The number of thiophene rings is 1. The number of methoxy groups -OCH3 is 1. The van der Waals surface area contributed by atoms with E-state index >= 15 is 0 Å². The number of ether oxygens (including phenoxy) is 2. The van der Waals surface area contributed by atoms with E-state index < -0.39 is 0 Å². The number of amides is 1. The number of hydrogen-bond acceptors (Lipinski definition) is 5. The van der Waals surface area contributed by atoms with Crippen LogP contribution >= 0.6 is 11.3 Å². The predicted molar refractivity (Wildman–Crippen MR) is 108 cm³/mol. The smallest absolute Gasteiger partial charge is 0.252 e. The molecule has 2 heterocycles. The van der Waals surface area contributed by atoms with Crippen molar-refractivity contribution in [1.82, 2.24) is 10.3 Å². The normalized spacial score (nSPS) is 10.9. The first-order chi connectivity index (χ1) is 13.1. The van der Waals surface area contributed by atoms with E-state index in [1.807, 2.05) is 49.4 Å². The first-order valence-electron chi connectivity index (χ1n) is 8.46. The van der Waals surface area contributed by atoms with Gasteiger partial charge in [-0.25, -0.2) is 0 Å². The molecular weight excluding hydrogens is 360 g/mol.